The maximum Gasteiger partial charge on any atom is 0.284 e. The van der Waals surface area contributed by atoms with Gasteiger partial charge in [0.25, 0.3) is 5.91 Å². The average molecular weight is 466 g/mol. The van der Waals surface area contributed by atoms with Gasteiger partial charge in [-0.25, -0.2) is 18.4 Å². The van der Waals surface area contributed by atoms with Crippen LogP contribution in [0.2, 0.25) is 0 Å². The summed E-state index contributed by atoms with van der Waals surface area (Å²) in [4.78, 5) is 26.9. The number of nitrogens with zero attached hydrogens (tertiary/aromatic N) is 5. The molecule has 2 aromatic heterocycles. The largest absolute Gasteiger partial charge is 0.363 e. The number of hydrogen-bond donors (Lipinski definition) is 2. The first-order valence-electron chi connectivity index (χ1n) is 10.0. The summed E-state index contributed by atoms with van der Waals surface area (Å²) >= 11 is 0. The number of hydrogen-bond acceptors (Lipinski definition) is 8. The molecule has 1 amide bonds. The van der Waals surface area contributed by atoms with Gasteiger partial charge in [0.1, 0.15) is 5.82 Å². The first-order valence-corrected chi connectivity index (χ1v) is 12.1. The van der Waals surface area contributed by atoms with Crippen molar-refractivity contribution < 1.29 is 13.2 Å². The number of carbonyl (C=O) groups is 1. The minimum Gasteiger partial charge on any atom is -0.363 e. The minimum absolute atomic E-state index is 0.0136. The van der Waals surface area contributed by atoms with Crippen LogP contribution < -0.4 is 16.0 Å². The lowest BCUT2D eigenvalue weighted by molar-refractivity contribution is 0.0987. The van der Waals surface area contributed by atoms with Crippen LogP contribution in [0.4, 0.5) is 17.5 Å². The van der Waals surface area contributed by atoms with Crippen molar-refractivity contribution >= 4 is 44.2 Å². The Bertz CT molecular complexity index is 1420. The fraction of sp³-hybridized carbons (Fsp3) is 0.182. The standard InChI is InChI=1S/C22H23N7O3S/c1-28(14-29-18-6-4-3-5-17(18)26-21(29)20(23)30)19-11-12-24-22(27-19)25-16-9-7-15(8-10-16)13-33(2,31)32/h3-12H,13-14H2,1-2H3,(H2,23,30)(H,24,25,27). The molecule has 4 aromatic rings. The van der Waals surface area contributed by atoms with E-state index in [0.717, 1.165) is 11.2 Å². The van der Waals surface area contributed by atoms with Crippen LogP contribution in [0.25, 0.3) is 11.0 Å². The number of carbonyl (C=O) groups excluding carboxylic acids is 1. The molecule has 0 bridgehead atoms. The molecule has 0 saturated carbocycles. The van der Waals surface area contributed by atoms with Crippen LogP contribution in [0.5, 0.6) is 0 Å². The minimum atomic E-state index is -3.09. The summed E-state index contributed by atoms with van der Waals surface area (Å²) < 4.78 is 24.6. The van der Waals surface area contributed by atoms with Gasteiger partial charge in [-0.15, -0.1) is 0 Å². The zero-order chi connectivity index (χ0) is 23.6. The van der Waals surface area contributed by atoms with Crippen molar-refractivity contribution in [2.45, 2.75) is 12.4 Å². The molecule has 0 saturated heterocycles. The lowest BCUT2D eigenvalue weighted by Crippen LogP contribution is -2.27. The number of rotatable bonds is 8. The number of fused-ring (bicyclic) bond motifs is 1. The second kappa shape index (κ2) is 8.87. The summed E-state index contributed by atoms with van der Waals surface area (Å²) in [5.41, 5.74) is 8.44. The lowest BCUT2D eigenvalue weighted by atomic mass is 10.2. The summed E-state index contributed by atoms with van der Waals surface area (Å²) in [5, 5.41) is 3.12. The van der Waals surface area contributed by atoms with E-state index in [1.807, 2.05) is 36.2 Å². The molecule has 2 heterocycles. The molecule has 0 aliphatic carbocycles. The molecule has 11 heteroatoms. The van der Waals surface area contributed by atoms with Gasteiger partial charge in [-0.2, -0.15) is 4.98 Å². The number of nitrogens with one attached hydrogen (secondary N) is 1. The summed E-state index contributed by atoms with van der Waals surface area (Å²) in [6.45, 7) is 0.301. The fourth-order valence-corrected chi connectivity index (χ4v) is 4.23. The number of imidazole rings is 1. The molecule has 2 aromatic carbocycles. The van der Waals surface area contributed by atoms with Crippen LogP contribution >= 0.6 is 0 Å². The fourth-order valence-electron chi connectivity index (χ4n) is 3.43. The van der Waals surface area contributed by atoms with Gasteiger partial charge in [-0.3, -0.25) is 4.79 Å². The third-order valence-corrected chi connectivity index (χ3v) is 5.76. The van der Waals surface area contributed by atoms with E-state index in [9.17, 15) is 13.2 Å². The topological polar surface area (TPSA) is 136 Å². The zero-order valence-electron chi connectivity index (χ0n) is 18.1. The molecule has 0 atom stereocenters. The summed E-state index contributed by atoms with van der Waals surface area (Å²) in [5.74, 6) is 0.545. The Hall–Kier alpha value is -3.99. The van der Waals surface area contributed by atoms with E-state index in [4.69, 9.17) is 5.73 Å². The highest BCUT2D eigenvalue weighted by Gasteiger charge is 2.17. The van der Waals surface area contributed by atoms with Gasteiger partial charge in [0.15, 0.2) is 9.84 Å². The van der Waals surface area contributed by atoms with Crippen LogP contribution in [0.3, 0.4) is 0 Å². The molecule has 33 heavy (non-hydrogen) atoms. The molecule has 10 nitrogen and oxygen atoms in total. The summed E-state index contributed by atoms with van der Waals surface area (Å²) in [6.07, 6.45) is 2.83. The van der Waals surface area contributed by atoms with Gasteiger partial charge in [0.05, 0.1) is 23.5 Å². The van der Waals surface area contributed by atoms with E-state index < -0.39 is 15.7 Å². The monoisotopic (exact) mass is 465 g/mol. The third-order valence-electron chi connectivity index (χ3n) is 4.90. The molecule has 0 fully saturated rings. The summed E-state index contributed by atoms with van der Waals surface area (Å²) in [6, 6.07) is 16.2. The van der Waals surface area contributed by atoms with Gasteiger partial charge < -0.3 is 20.5 Å². The van der Waals surface area contributed by atoms with E-state index in [2.05, 4.69) is 20.3 Å². The molecule has 4 rings (SSSR count). The van der Waals surface area contributed by atoms with Crippen LogP contribution in [0.15, 0.2) is 60.8 Å². The van der Waals surface area contributed by atoms with Gasteiger partial charge in [0, 0.05) is 25.2 Å². The quantitative estimate of drug-likeness (QED) is 0.405. The molecule has 0 aliphatic rings. The van der Waals surface area contributed by atoms with Gasteiger partial charge in [-0.05, 0) is 35.9 Å². The second-order valence-electron chi connectivity index (χ2n) is 7.69. The van der Waals surface area contributed by atoms with Crippen LogP contribution in [0.1, 0.15) is 16.2 Å². The zero-order valence-corrected chi connectivity index (χ0v) is 19.0. The predicted octanol–water partition coefficient (Wildman–Crippen LogP) is 2.31. The molecule has 0 radical (unpaired) electrons. The Kier molecular flexibility index (Phi) is 5.97. The Morgan fingerprint density at radius 3 is 2.52 bits per heavy atom. The third kappa shape index (κ3) is 5.26. The number of benzene rings is 2. The molecule has 3 N–H and O–H groups in total. The van der Waals surface area contributed by atoms with Crippen LogP contribution in [0, 0.1) is 0 Å². The van der Waals surface area contributed by atoms with E-state index in [0.29, 0.717) is 29.5 Å². The maximum atomic E-state index is 11.9. The maximum absolute atomic E-state index is 11.9. The van der Waals surface area contributed by atoms with Crippen LogP contribution in [-0.4, -0.2) is 47.1 Å². The van der Waals surface area contributed by atoms with Gasteiger partial charge in [0.2, 0.25) is 11.8 Å². The second-order valence-corrected chi connectivity index (χ2v) is 9.83. The van der Waals surface area contributed by atoms with Gasteiger partial charge in [-0.1, -0.05) is 24.3 Å². The van der Waals surface area contributed by atoms with Crippen molar-refractivity contribution in [2.24, 2.45) is 5.73 Å². The number of sulfone groups is 1. The molecule has 0 spiro atoms. The van der Waals surface area contributed by atoms with Crippen molar-refractivity contribution in [1.82, 2.24) is 19.5 Å². The molecule has 170 valence electrons. The number of para-hydroxylation sites is 2. The average Bonchev–Trinajstić information content (AvgIpc) is 3.13. The van der Waals surface area contributed by atoms with E-state index in [-0.39, 0.29) is 11.6 Å². The molecule has 0 unspecified atom stereocenters. The molecule has 0 aliphatic heterocycles. The highest BCUT2D eigenvalue weighted by atomic mass is 32.2. The normalized spacial score (nSPS) is 11.5. The Morgan fingerprint density at radius 2 is 1.82 bits per heavy atom. The Labute approximate surface area is 191 Å². The highest BCUT2D eigenvalue weighted by Crippen LogP contribution is 2.20. The number of nitrogens with two attached hydrogens (primary N) is 1. The van der Waals surface area contributed by atoms with E-state index in [1.165, 1.54) is 6.26 Å². The molecular weight excluding hydrogens is 442 g/mol. The van der Waals surface area contributed by atoms with E-state index >= 15 is 0 Å². The number of amides is 1. The van der Waals surface area contributed by atoms with Crippen LogP contribution in [-0.2, 0) is 22.3 Å². The SMILES string of the molecule is CN(Cn1c(C(N)=O)nc2ccccc21)c1ccnc(Nc2ccc(CS(C)(=O)=O)cc2)n1. The van der Waals surface area contributed by atoms with Crippen molar-refractivity contribution in [1.29, 1.82) is 0 Å². The summed E-state index contributed by atoms with van der Waals surface area (Å²) in [7, 11) is -1.26. The first kappa shape index (κ1) is 22.2. The first-order chi connectivity index (χ1) is 15.7. The van der Waals surface area contributed by atoms with E-state index in [1.54, 1.807) is 41.1 Å². The van der Waals surface area contributed by atoms with Crippen molar-refractivity contribution in [2.75, 3.05) is 23.5 Å². The predicted molar refractivity (Wildman–Crippen MR) is 127 cm³/mol. The van der Waals surface area contributed by atoms with Crippen molar-refractivity contribution in [3.05, 3.63) is 72.2 Å². The van der Waals surface area contributed by atoms with Crippen molar-refractivity contribution in [3.63, 3.8) is 0 Å². The lowest BCUT2D eigenvalue weighted by Gasteiger charge is -2.20. The Morgan fingerprint density at radius 1 is 1.09 bits per heavy atom. The smallest absolute Gasteiger partial charge is 0.284 e. The van der Waals surface area contributed by atoms with Crippen molar-refractivity contribution in [3.8, 4) is 0 Å². The highest BCUT2D eigenvalue weighted by molar-refractivity contribution is 7.89. The number of aromatic nitrogens is 4. The number of primary amides is 1. The Balaban J connectivity index is 1.53. The number of anilines is 3. The van der Waals surface area contributed by atoms with Gasteiger partial charge >= 0.3 is 0 Å². The molecular formula is C22H23N7O3S.